The zero-order chi connectivity index (χ0) is 26.2. The molecule has 0 unspecified atom stereocenters. The topological polar surface area (TPSA) is 21.1 Å². The van der Waals surface area contributed by atoms with Crippen molar-refractivity contribution in [3.63, 3.8) is 0 Å². The van der Waals surface area contributed by atoms with Gasteiger partial charge in [-0.25, -0.2) is 4.98 Å². The molecule has 38 heavy (non-hydrogen) atoms. The van der Waals surface area contributed by atoms with Gasteiger partial charge in [-0.1, -0.05) is 118 Å². The Bertz CT molecular complexity index is 1270. The van der Waals surface area contributed by atoms with E-state index < -0.39 is 0 Å². The molecule has 0 aliphatic heterocycles. The lowest BCUT2D eigenvalue weighted by Gasteiger charge is -2.31. The number of hydrogen-bond acceptors (Lipinski definition) is 2. The van der Waals surface area contributed by atoms with Crippen LogP contribution in [0.5, 0.6) is 0 Å². The first-order valence-corrected chi connectivity index (χ1v) is 14.7. The van der Waals surface area contributed by atoms with Crippen LogP contribution in [-0.2, 0) is 19.6 Å². The number of nitrogens with zero attached hydrogens (tertiary/aromatic N) is 3. The minimum absolute atomic E-state index is 0.786. The Kier molecular flexibility index (Phi) is 9.09. The molecule has 5 rings (SSSR count). The standard InChI is InChI=1S/C35H43N3/c1-3-4-24-38-33(34(30-19-10-6-11-20-30)36-35(38)31-21-12-7-13-22-31)27-37(25-29-17-8-5-9-18-29)26-32-23-15-14-16-28(32)2/h6-7,10-16,19-23,29H,3-5,8-9,17-18,24-27H2,1-2H3. The molecule has 198 valence electrons. The third-order valence-corrected chi connectivity index (χ3v) is 8.16. The summed E-state index contributed by atoms with van der Waals surface area (Å²) in [4.78, 5) is 8.09. The molecule has 0 atom stereocenters. The zero-order valence-corrected chi connectivity index (χ0v) is 23.3. The molecule has 1 saturated carbocycles. The highest BCUT2D eigenvalue weighted by Crippen LogP contribution is 2.33. The summed E-state index contributed by atoms with van der Waals surface area (Å²) >= 11 is 0. The molecule has 0 saturated heterocycles. The maximum absolute atomic E-state index is 5.36. The van der Waals surface area contributed by atoms with Crippen LogP contribution in [0, 0.1) is 12.8 Å². The van der Waals surface area contributed by atoms with E-state index in [-0.39, 0.29) is 0 Å². The quantitative estimate of drug-likeness (QED) is 0.203. The molecule has 1 aromatic heterocycles. The number of hydrogen-bond donors (Lipinski definition) is 0. The summed E-state index contributed by atoms with van der Waals surface area (Å²) in [6.45, 7) is 8.59. The van der Waals surface area contributed by atoms with Crippen LogP contribution in [-0.4, -0.2) is 21.0 Å². The van der Waals surface area contributed by atoms with Crippen LogP contribution < -0.4 is 0 Å². The van der Waals surface area contributed by atoms with Gasteiger partial charge in [0.1, 0.15) is 5.82 Å². The summed E-state index contributed by atoms with van der Waals surface area (Å²) in [6.07, 6.45) is 9.20. The Balaban J connectivity index is 1.58. The largest absolute Gasteiger partial charge is 0.326 e. The van der Waals surface area contributed by atoms with E-state index in [1.807, 2.05) is 0 Å². The van der Waals surface area contributed by atoms with E-state index >= 15 is 0 Å². The Hall–Kier alpha value is -3.17. The molecule has 4 aromatic rings. The molecule has 0 amide bonds. The van der Waals surface area contributed by atoms with E-state index in [0.717, 1.165) is 50.0 Å². The van der Waals surface area contributed by atoms with Crippen molar-refractivity contribution in [3.05, 3.63) is 102 Å². The summed E-state index contributed by atoms with van der Waals surface area (Å²) in [5, 5.41) is 0. The predicted molar refractivity (Wildman–Crippen MR) is 160 cm³/mol. The predicted octanol–water partition coefficient (Wildman–Crippen LogP) is 8.91. The summed E-state index contributed by atoms with van der Waals surface area (Å²) < 4.78 is 2.53. The SMILES string of the molecule is CCCCn1c(-c2ccccc2)nc(-c2ccccc2)c1CN(Cc1ccccc1C)CC1CCCCC1. The Morgan fingerprint density at radius 3 is 2.13 bits per heavy atom. The number of aromatic nitrogens is 2. The van der Waals surface area contributed by atoms with Crippen molar-refractivity contribution in [2.24, 2.45) is 5.92 Å². The van der Waals surface area contributed by atoms with Gasteiger partial charge < -0.3 is 4.57 Å². The number of imidazole rings is 1. The molecule has 0 radical (unpaired) electrons. The van der Waals surface area contributed by atoms with Crippen molar-refractivity contribution >= 4 is 0 Å². The molecule has 0 spiro atoms. The molecule has 0 bridgehead atoms. The van der Waals surface area contributed by atoms with Crippen molar-refractivity contribution in [2.75, 3.05) is 6.54 Å². The van der Waals surface area contributed by atoms with Crippen molar-refractivity contribution in [1.82, 2.24) is 14.5 Å². The molecule has 3 heteroatoms. The molecule has 1 aliphatic rings. The summed E-state index contributed by atoms with van der Waals surface area (Å²) in [5.74, 6) is 1.88. The number of aryl methyl sites for hydroxylation is 1. The van der Waals surface area contributed by atoms with Gasteiger partial charge in [0.25, 0.3) is 0 Å². The minimum atomic E-state index is 0.786. The van der Waals surface area contributed by atoms with E-state index in [1.165, 1.54) is 66.5 Å². The minimum Gasteiger partial charge on any atom is -0.326 e. The fraction of sp³-hybridized carbons (Fsp3) is 0.400. The van der Waals surface area contributed by atoms with Gasteiger partial charge in [0.2, 0.25) is 0 Å². The second kappa shape index (κ2) is 13.1. The third-order valence-electron chi connectivity index (χ3n) is 8.16. The van der Waals surface area contributed by atoms with Crippen LogP contribution in [0.3, 0.4) is 0 Å². The van der Waals surface area contributed by atoms with Gasteiger partial charge in [-0.2, -0.15) is 0 Å². The van der Waals surface area contributed by atoms with Gasteiger partial charge in [0, 0.05) is 37.3 Å². The fourth-order valence-electron chi connectivity index (χ4n) is 6.00. The van der Waals surface area contributed by atoms with Crippen LogP contribution >= 0.6 is 0 Å². The molecule has 3 nitrogen and oxygen atoms in total. The van der Waals surface area contributed by atoms with Gasteiger partial charge in [-0.3, -0.25) is 4.90 Å². The van der Waals surface area contributed by atoms with E-state index in [9.17, 15) is 0 Å². The monoisotopic (exact) mass is 505 g/mol. The van der Waals surface area contributed by atoms with Crippen LogP contribution in [0.1, 0.15) is 68.7 Å². The summed E-state index contributed by atoms with van der Waals surface area (Å²) in [6, 6.07) is 30.5. The third kappa shape index (κ3) is 6.45. The first kappa shape index (κ1) is 26.4. The van der Waals surface area contributed by atoms with E-state index in [4.69, 9.17) is 4.98 Å². The second-order valence-corrected chi connectivity index (χ2v) is 11.1. The zero-order valence-electron chi connectivity index (χ0n) is 23.3. The van der Waals surface area contributed by atoms with Gasteiger partial charge in [-0.05, 0) is 43.2 Å². The number of rotatable bonds is 11. The Morgan fingerprint density at radius 2 is 1.45 bits per heavy atom. The van der Waals surface area contributed by atoms with Crippen molar-refractivity contribution in [3.8, 4) is 22.6 Å². The molecule has 0 N–H and O–H groups in total. The first-order valence-electron chi connectivity index (χ1n) is 14.7. The maximum atomic E-state index is 5.36. The van der Waals surface area contributed by atoms with E-state index in [1.54, 1.807) is 0 Å². The highest BCUT2D eigenvalue weighted by Gasteiger charge is 2.24. The van der Waals surface area contributed by atoms with Crippen molar-refractivity contribution in [2.45, 2.75) is 78.4 Å². The van der Waals surface area contributed by atoms with Gasteiger partial charge >= 0.3 is 0 Å². The van der Waals surface area contributed by atoms with E-state index in [2.05, 4.69) is 108 Å². The van der Waals surface area contributed by atoms with Crippen LogP contribution in [0.25, 0.3) is 22.6 Å². The molecule has 3 aromatic carbocycles. The van der Waals surface area contributed by atoms with Gasteiger partial charge in [0.05, 0.1) is 11.4 Å². The second-order valence-electron chi connectivity index (χ2n) is 11.1. The van der Waals surface area contributed by atoms with Crippen LogP contribution in [0.15, 0.2) is 84.9 Å². The smallest absolute Gasteiger partial charge is 0.140 e. The van der Waals surface area contributed by atoms with E-state index in [0.29, 0.717) is 0 Å². The normalized spacial score (nSPS) is 14.3. The molecular formula is C35H43N3. The van der Waals surface area contributed by atoms with Crippen LogP contribution in [0.4, 0.5) is 0 Å². The lowest BCUT2D eigenvalue weighted by molar-refractivity contribution is 0.183. The van der Waals surface area contributed by atoms with Gasteiger partial charge in [-0.15, -0.1) is 0 Å². The Labute approximate surface area is 229 Å². The van der Waals surface area contributed by atoms with Crippen molar-refractivity contribution in [1.29, 1.82) is 0 Å². The summed E-state index contributed by atoms with van der Waals surface area (Å²) in [5.41, 5.74) is 7.72. The fourth-order valence-corrected chi connectivity index (χ4v) is 6.00. The Morgan fingerprint density at radius 1 is 0.789 bits per heavy atom. The highest BCUT2D eigenvalue weighted by molar-refractivity contribution is 5.68. The average molecular weight is 506 g/mol. The molecule has 1 aliphatic carbocycles. The maximum Gasteiger partial charge on any atom is 0.140 e. The first-order chi connectivity index (χ1) is 18.7. The highest BCUT2D eigenvalue weighted by atomic mass is 15.2. The molecular weight excluding hydrogens is 462 g/mol. The number of benzene rings is 3. The summed E-state index contributed by atoms with van der Waals surface area (Å²) in [7, 11) is 0. The molecule has 1 heterocycles. The average Bonchev–Trinajstić information content (AvgIpc) is 3.32. The van der Waals surface area contributed by atoms with Crippen molar-refractivity contribution < 1.29 is 0 Å². The lowest BCUT2D eigenvalue weighted by Crippen LogP contribution is -2.31. The molecule has 1 fully saturated rings. The number of unbranched alkanes of at least 4 members (excludes halogenated alkanes) is 1. The van der Waals surface area contributed by atoms with Crippen LogP contribution in [0.2, 0.25) is 0 Å². The van der Waals surface area contributed by atoms with Gasteiger partial charge in [0.15, 0.2) is 0 Å². The lowest BCUT2D eigenvalue weighted by atomic mass is 9.88.